The lowest BCUT2D eigenvalue weighted by atomic mass is 9.84. The molecule has 0 saturated carbocycles. The summed E-state index contributed by atoms with van der Waals surface area (Å²) >= 11 is 0. The topological polar surface area (TPSA) is 49.6 Å². The molecule has 22 heavy (non-hydrogen) atoms. The number of nitrogens with two attached hydrogens (primary N) is 1. The summed E-state index contributed by atoms with van der Waals surface area (Å²) in [7, 11) is 1.90. The largest absolute Gasteiger partial charge is 0.341 e. The number of amides is 1. The third kappa shape index (κ3) is 3.87. The number of likely N-dealkylation sites (tertiary alicyclic amines) is 1. The van der Waals surface area contributed by atoms with Crippen LogP contribution in [0, 0.1) is 11.8 Å². The molecule has 1 unspecified atom stereocenters. The summed E-state index contributed by atoms with van der Waals surface area (Å²) in [6, 6.07) is 10.4. The highest BCUT2D eigenvalue weighted by Gasteiger charge is 2.36. The van der Waals surface area contributed by atoms with Crippen LogP contribution in [0.3, 0.4) is 0 Å². The fraction of sp³-hybridized carbons (Fsp3) is 0.611. The summed E-state index contributed by atoms with van der Waals surface area (Å²) in [6.07, 6.45) is 0. The fourth-order valence-corrected chi connectivity index (χ4v) is 3.87. The SMILES string of the molecule is C[C@@H]1CN(Cc2ccccc2)C[C@H](C)C1N(C)C(=O)[C@@H](C)N. The van der Waals surface area contributed by atoms with Gasteiger partial charge in [0.25, 0.3) is 0 Å². The van der Waals surface area contributed by atoms with Gasteiger partial charge in [0.15, 0.2) is 0 Å². The molecule has 122 valence electrons. The molecule has 1 saturated heterocycles. The maximum Gasteiger partial charge on any atom is 0.239 e. The Balaban J connectivity index is 2.01. The average Bonchev–Trinajstić information content (AvgIpc) is 2.46. The minimum atomic E-state index is -0.424. The molecule has 4 nitrogen and oxygen atoms in total. The standard InChI is InChI=1S/C18H29N3O/c1-13-10-21(12-16-8-6-5-7-9-16)11-14(2)17(13)20(4)18(22)15(3)19/h5-9,13-15,17H,10-12,19H2,1-4H3/t13-,14+,15-,17?/m1/s1. The molecular weight excluding hydrogens is 274 g/mol. The van der Waals surface area contributed by atoms with Gasteiger partial charge in [0.05, 0.1) is 6.04 Å². The molecule has 4 heteroatoms. The van der Waals surface area contributed by atoms with Gasteiger partial charge < -0.3 is 10.6 Å². The smallest absolute Gasteiger partial charge is 0.239 e. The van der Waals surface area contributed by atoms with Crippen LogP contribution in [0.15, 0.2) is 30.3 Å². The molecule has 1 aromatic rings. The van der Waals surface area contributed by atoms with Gasteiger partial charge in [-0.15, -0.1) is 0 Å². The van der Waals surface area contributed by atoms with E-state index < -0.39 is 6.04 Å². The van der Waals surface area contributed by atoms with E-state index in [0.717, 1.165) is 19.6 Å². The van der Waals surface area contributed by atoms with Crippen LogP contribution in [0.25, 0.3) is 0 Å². The molecular formula is C18H29N3O. The number of nitrogens with zero attached hydrogens (tertiary/aromatic N) is 2. The van der Waals surface area contributed by atoms with Gasteiger partial charge in [0.1, 0.15) is 0 Å². The summed E-state index contributed by atoms with van der Waals surface area (Å²) in [5.74, 6) is 0.931. The zero-order valence-corrected chi connectivity index (χ0v) is 14.2. The molecule has 1 heterocycles. The molecule has 1 aliphatic heterocycles. The van der Waals surface area contributed by atoms with Gasteiger partial charge in [-0.25, -0.2) is 0 Å². The van der Waals surface area contributed by atoms with Crippen molar-refractivity contribution in [3.05, 3.63) is 35.9 Å². The molecule has 0 aliphatic carbocycles. The van der Waals surface area contributed by atoms with Crippen LogP contribution in [0.1, 0.15) is 26.3 Å². The van der Waals surface area contributed by atoms with Crippen LogP contribution in [0.4, 0.5) is 0 Å². The molecule has 1 fully saturated rings. The van der Waals surface area contributed by atoms with Crippen LogP contribution in [-0.2, 0) is 11.3 Å². The second-order valence-electron chi connectivity index (χ2n) is 6.86. The van der Waals surface area contributed by atoms with Gasteiger partial charge in [-0.05, 0) is 24.3 Å². The molecule has 0 radical (unpaired) electrons. The fourth-order valence-electron chi connectivity index (χ4n) is 3.87. The number of benzene rings is 1. The van der Waals surface area contributed by atoms with Gasteiger partial charge in [-0.2, -0.15) is 0 Å². The Kier molecular flexibility index (Phi) is 5.59. The van der Waals surface area contributed by atoms with Crippen molar-refractivity contribution in [2.45, 2.75) is 39.4 Å². The van der Waals surface area contributed by atoms with Crippen LogP contribution < -0.4 is 5.73 Å². The van der Waals surface area contributed by atoms with Crippen molar-refractivity contribution >= 4 is 5.91 Å². The third-order valence-corrected chi connectivity index (χ3v) is 4.69. The maximum atomic E-state index is 12.2. The van der Waals surface area contributed by atoms with E-state index in [-0.39, 0.29) is 11.9 Å². The summed E-state index contributed by atoms with van der Waals surface area (Å²) in [4.78, 5) is 16.6. The second kappa shape index (κ2) is 7.25. The van der Waals surface area contributed by atoms with Crippen LogP contribution in [0.2, 0.25) is 0 Å². The van der Waals surface area contributed by atoms with E-state index in [1.54, 1.807) is 6.92 Å². The minimum Gasteiger partial charge on any atom is -0.341 e. The number of hydrogen-bond acceptors (Lipinski definition) is 3. The van der Waals surface area contributed by atoms with Gasteiger partial charge in [0.2, 0.25) is 5.91 Å². The van der Waals surface area contributed by atoms with E-state index >= 15 is 0 Å². The van der Waals surface area contributed by atoms with E-state index in [1.807, 2.05) is 11.9 Å². The predicted molar refractivity (Wildman–Crippen MR) is 90.3 cm³/mol. The Morgan fingerprint density at radius 2 is 1.82 bits per heavy atom. The molecule has 4 atom stereocenters. The van der Waals surface area contributed by atoms with Crippen molar-refractivity contribution in [2.75, 3.05) is 20.1 Å². The molecule has 1 aliphatic rings. The number of hydrogen-bond donors (Lipinski definition) is 1. The maximum absolute atomic E-state index is 12.2. The summed E-state index contributed by atoms with van der Waals surface area (Å²) < 4.78 is 0. The van der Waals surface area contributed by atoms with E-state index in [4.69, 9.17) is 5.73 Å². The van der Waals surface area contributed by atoms with Gasteiger partial charge in [-0.3, -0.25) is 9.69 Å². The number of likely N-dealkylation sites (N-methyl/N-ethyl adjacent to an activating group) is 1. The summed E-state index contributed by atoms with van der Waals surface area (Å²) in [6.45, 7) is 9.25. The molecule has 2 N–H and O–H groups in total. The van der Waals surface area contributed by atoms with Crippen molar-refractivity contribution in [2.24, 2.45) is 17.6 Å². The van der Waals surface area contributed by atoms with Crippen molar-refractivity contribution in [1.29, 1.82) is 0 Å². The van der Waals surface area contributed by atoms with Gasteiger partial charge in [0, 0.05) is 32.7 Å². The first kappa shape index (κ1) is 17.0. The van der Waals surface area contributed by atoms with Crippen LogP contribution >= 0.6 is 0 Å². The van der Waals surface area contributed by atoms with E-state index in [0.29, 0.717) is 11.8 Å². The summed E-state index contributed by atoms with van der Waals surface area (Å²) in [5.41, 5.74) is 7.11. The molecule has 0 aromatic heterocycles. The summed E-state index contributed by atoms with van der Waals surface area (Å²) in [5, 5.41) is 0. The molecule has 2 rings (SSSR count). The zero-order valence-electron chi connectivity index (χ0n) is 14.2. The minimum absolute atomic E-state index is 0.0419. The molecule has 0 bridgehead atoms. The normalized spacial score (nSPS) is 27.4. The highest BCUT2D eigenvalue weighted by molar-refractivity contribution is 5.81. The molecule has 1 aromatic carbocycles. The number of carbonyl (C=O) groups excluding carboxylic acids is 1. The Hall–Kier alpha value is -1.39. The Morgan fingerprint density at radius 3 is 2.32 bits per heavy atom. The zero-order chi connectivity index (χ0) is 16.3. The first-order chi connectivity index (χ1) is 10.4. The van der Waals surface area contributed by atoms with Gasteiger partial charge >= 0.3 is 0 Å². The van der Waals surface area contributed by atoms with E-state index in [9.17, 15) is 4.79 Å². The van der Waals surface area contributed by atoms with Crippen LogP contribution in [0.5, 0.6) is 0 Å². The Morgan fingerprint density at radius 1 is 1.27 bits per heavy atom. The van der Waals surface area contributed by atoms with Crippen molar-refractivity contribution < 1.29 is 4.79 Å². The Bertz CT molecular complexity index is 476. The third-order valence-electron chi connectivity index (χ3n) is 4.69. The molecule has 1 amide bonds. The van der Waals surface area contributed by atoms with E-state index in [2.05, 4.69) is 49.1 Å². The number of rotatable bonds is 4. The quantitative estimate of drug-likeness (QED) is 0.925. The average molecular weight is 303 g/mol. The van der Waals surface area contributed by atoms with Gasteiger partial charge in [-0.1, -0.05) is 44.2 Å². The Labute approximate surface area is 134 Å². The van der Waals surface area contributed by atoms with Crippen molar-refractivity contribution in [1.82, 2.24) is 9.80 Å². The first-order valence-electron chi connectivity index (χ1n) is 8.18. The highest BCUT2D eigenvalue weighted by Crippen LogP contribution is 2.27. The number of piperidine rings is 1. The second-order valence-corrected chi connectivity index (χ2v) is 6.86. The predicted octanol–water partition coefficient (Wildman–Crippen LogP) is 1.95. The lowest BCUT2D eigenvalue weighted by Crippen LogP contribution is -2.57. The first-order valence-corrected chi connectivity index (χ1v) is 8.18. The van der Waals surface area contributed by atoms with Crippen molar-refractivity contribution in [3.63, 3.8) is 0 Å². The lowest BCUT2D eigenvalue weighted by molar-refractivity contribution is -0.136. The van der Waals surface area contributed by atoms with E-state index in [1.165, 1.54) is 5.56 Å². The molecule has 0 spiro atoms. The number of carbonyl (C=O) groups is 1. The highest BCUT2D eigenvalue weighted by atomic mass is 16.2. The lowest BCUT2D eigenvalue weighted by Gasteiger charge is -2.45. The van der Waals surface area contributed by atoms with Crippen molar-refractivity contribution in [3.8, 4) is 0 Å². The monoisotopic (exact) mass is 303 g/mol. The van der Waals surface area contributed by atoms with Crippen LogP contribution in [-0.4, -0.2) is 47.9 Å².